The molecule has 0 atom stereocenters. The molecule has 4 aromatic rings. The van der Waals surface area contributed by atoms with Crippen LogP contribution in [0.25, 0.3) is 10.9 Å². The number of aromatic nitrogens is 3. The highest BCUT2D eigenvalue weighted by atomic mass is 19.4. The molecule has 0 bridgehead atoms. The number of likely N-dealkylation sites (N-methyl/N-ethyl adjacent to an activating group) is 1. The fraction of sp³-hybridized carbons (Fsp3) is 0.300. The molecule has 1 aliphatic rings. The normalized spacial score (nSPS) is 14.7. The predicted octanol–water partition coefficient (Wildman–Crippen LogP) is 4.70. The lowest BCUT2D eigenvalue weighted by Gasteiger charge is -2.33. The second kappa shape index (κ2) is 11.1. The Hall–Kier alpha value is -4.20. The molecule has 0 aliphatic carbocycles. The average molecular weight is 547 g/mol. The van der Waals surface area contributed by atoms with Crippen LogP contribution in [0.3, 0.4) is 0 Å². The SMILES string of the molecule is Cc1ncc(C(=O)Nc2ccc(CN3CCN(C)CC3)c(C(F)(F)F)c2)cc1C#Cc1c2ccccc2nn1C. The molecule has 2 aromatic carbocycles. The highest BCUT2D eigenvalue weighted by molar-refractivity contribution is 6.04. The minimum absolute atomic E-state index is 0.0639. The Morgan fingerprint density at radius 1 is 1.02 bits per heavy atom. The molecule has 10 heteroatoms. The summed E-state index contributed by atoms with van der Waals surface area (Å²) in [5, 5.41) is 7.96. The maximum atomic E-state index is 14.0. The van der Waals surface area contributed by atoms with Crippen LogP contribution in [0, 0.1) is 18.8 Å². The number of piperazine rings is 1. The van der Waals surface area contributed by atoms with Crippen LogP contribution in [0.4, 0.5) is 18.9 Å². The molecule has 7 nitrogen and oxygen atoms in total. The molecular formula is C30H29F3N6O. The van der Waals surface area contributed by atoms with Gasteiger partial charge in [0.2, 0.25) is 0 Å². The largest absolute Gasteiger partial charge is 0.416 e. The van der Waals surface area contributed by atoms with Crippen molar-refractivity contribution in [2.75, 3.05) is 38.5 Å². The van der Waals surface area contributed by atoms with E-state index >= 15 is 0 Å². The number of rotatable bonds is 4. The molecule has 1 amide bonds. The summed E-state index contributed by atoms with van der Waals surface area (Å²) < 4.78 is 43.6. The van der Waals surface area contributed by atoms with Crippen LogP contribution in [-0.4, -0.2) is 63.7 Å². The van der Waals surface area contributed by atoms with E-state index in [0.717, 1.165) is 35.8 Å². The molecule has 1 fully saturated rings. The van der Waals surface area contributed by atoms with E-state index < -0.39 is 17.6 Å². The first-order valence-corrected chi connectivity index (χ1v) is 12.9. The highest BCUT2D eigenvalue weighted by Crippen LogP contribution is 2.34. The molecule has 3 heterocycles. The van der Waals surface area contributed by atoms with Gasteiger partial charge < -0.3 is 10.2 Å². The number of hydrogen-bond acceptors (Lipinski definition) is 5. The number of anilines is 1. The number of carbonyl (C=O) groups is 1. The quantitative estimate of drug-likeness (QED) is 0.376. The maximum Gasteiger partial charge on any atom is 0.416 e. The number of pyridine rings is 1. The summed E-state index contributed by atoms with van der Waals surface area (Å²) in [7, 11) is 3.81. The van der Waals surface area contributed by atoms with Crippen LogP contribution >= 0.6 is 0 Å². The van der Waals surface area contributed by atoms with Gasteiger partial charge in [-0.2, -0.15) is 18.3 Å². The van der Waals surface area contributed by atoms with Crippen molar-refractivity contribution in [1.29, 1.82) is 0 Å². The van der Waals surface area contributed by atoms with Crippen molar-refractivity contribution in [2.24, 2.45) is 7.05 Å². The summed E-state index contributed by atoms with van der Waals surface area (Å²) in [6.45, 7) is 5.01. The van der Waals surface area contributed by atoms with Crippen molar-refractivity contribution in [3.05, 3.63) is 88.4 Å². The van der Waals surface area contributed by atoms with E-state index in [2.05, 4.69) is 32.1 Å². The summed E-state index contributed by atoms with van der Waals surface area (Å²) in [6.07, 6.45) is -3.16. The van der Waals surface area contributed by atoms with Crippen molar-refractivity contribution in [3.8, 4) is 11.8 Å². The number of carbonyl (C=O) groups excluding carboxylic acids is 1. The molecular weight excluding hydrogens is 517 g/mol. The van der Waals surface area contributed by atoms with Gasteiger partial charge in [0.05, 0.1) is 22.3 Å². The topological polar surface area (TPSA) is 66.3 Å². The molecule has 5 rings (SSSR count). The summed E-state index contributed by atoms with van der Waals surface area (Å²) in [6, 6.07) is 13.2. The average Bonchev–Trinajstić information content (AvgIpc) is 3.24. The van der Waals surface area contributed by atoms with E-state index in [1.54, 1.807) is 17.7 Å². The van der Waals surface area contributed by atoms with E-state index in [1.807, 2.05) is 43.3 Å². The zero-order chi connectivity index (χ0) is 28.4. The smallest absolute Gasteiger partial charge is 0.322 e. The first-order chi connectivity index (χ1) is 19.1. The molecule has 0 radical (unpaired) electrons. The lowest BCUT2D eigenvalue weighted by atomic mass is 10.0. The summed E-state index contributed by atoms with van der Waals surface area (Å²) in [5.74, 6) is 5.63. The number of benzene rings is 2. The van der Waals surface area contributed by atoms with E-state index in [0.29, 0.717) is 24.3 Å². The van der Waals surface area contributed by atoms with E-state index in [1.165, 1.54) is 18.3 Å². The summed E-state index contributed by atoms with van der Waals surface area (Å²) in [4.78, 5) is 21.5. The second-order valence-electron chi connectivity index (χ2n) is 10.00. The number of aryl methyl sites for hydroxylation is 2. The number of hydrogen-bond donors (Lipinski definition) is 1. The molecule has 2 aromatic heterocycles. The third-order valence-corrected chi connectivity index (χ3v) is 7.07. The fourth-order valence-electron chi connectivity index (χ4n) is 4.71. The Morgan fingerprint density at radius 3 is 2.52 bits per heavy atom. The van der Waals surface area contributed by atoms with Crippen molar-refractivity contribution < 1.29 is 18.0 Å². The minimum atomic E-state index is -4.55. The first-order valence-electron chi connectivity index (χ1n) is 12.9. The Balaban J connectivity index is 1.36. The van der Waals surface area contributed by atoms with Crippen LogP contribution in [0.15, 0.2) is 54.7 Å². The molecule has 40 heavy (non-hydrogen) atoms. The monoisotopic (exact) mass is 546 g/mol. The van der Waals surface area contributed by atoms with Gasteiger partial charge in [0.1, 0.15) is 5.69 Å². The maximum absolute atomic E-state index is 14.0. The van der Waals surface area contributed by atoms with E-state index in [4.69, 9.17) is 0 Å². The number of amides is 1. The van der Waals surface area contributed by atoms with Gasteiger partial charge in [0.25, 0.3) is 5.91 Å². The van der Waals surface area contributed by atoms with Crippen LogP contribution in [0.1, 0.15) is 38.4 Å². The van der Waals surface area contributed by atoms with Gasteiger partial charge >= 0.3 is 6.18 Å². The van der Waals surface area contributed by atoms with Gasteiger partial charge in [0, 0.05) is 62.6 Å². The summed E-state index contributed by atoms with van der Waals surface area (Å²) >= 11 is 0. The minimum Gasteiger partial charge on any atom is -0.322 e. The summed E-state index contributed by atoms with van der Waals surface area (Å²) in [5.41, 5.74) is 2.41. The van der Waals surface area contributed by atoms with Crippen molar-refractivity contribution in [1.82, 2.24) is 24.6 Å². The van der Waals surface area contributed by atoms with E-state index in [-0.39, 0.29) is 23.4 Å². The van der Waals surface area contributed by atoms with E-state index in [9.17, 15) is 18.0 Å². The van der Waals surface area contributed by atoms with Crippen molar-refractivity contribution in [3.63, 3.8) is 0 Å². The zero-order valence-electron chi connectivity index (χ0n) is 22.5. The second-order valence-corrected chi connectivity index (χ2v) is 10.00. The number of nitrogens with zero attached hydrogens (tertiary/aromatic N) is 5. The number of nitrogens with one attached hydrogen (secondary N) is 1. The zero-order valence-corrected chi connectivity index (χ0v) is 22.5. The Kier molecular flexibility index (Phi) is 7.61. The fourth-order valence-corrected chi connectivity index (χ4v) is 4.71. The third kappa shape index (κ3) is 6.01. The lowest BCUT2D eigenvalue weighted by Crippen LogP contribution is -2.44. The van der Waals surface area contributed by atoms with Gasteiger partial charge in [-0.05, 0) is 55.8 Å². The first kappa shape index (κ1) is 27.4. The standard InChI is InChI=1S/C30H29F3N6O/c1-20-21(9-11-28-25-6-4-5-7-27(25)36-38(28)3)16-23(18-34-20)29(40)35-24-10-8-22(26(17-24)30(31,32)33)19-39-14-12-37(2)13-15-39/h4-8,10,16-18H,12-15,19H2,1-3H3,(H,35,40). The van der Waals surface area contributed by atoms with Gasteiger partial charge in [-0.25, -0.2) is 0 Å². The highest BCUT2D eigenvalue weighted by Gasteiger charge is 2.34. The Morgan fingerprint density at radius 2 is 1.77 bits per heavy atom. The van der Waals surface area contributed by atoms with Crippen LogP contribution in [0.2, 0.25) is 0 Å². The molecule has 1 N–H and O–H groups in total. The molecule has 0 saturated carbocycles. The number of alkyl halides is 3. The number of fused-ring (bicyclic) bond motifs is 1. The molecule has 0 spiro atoms. The molecule has 206 valence electrons. The van der Waals surface area contributed by atoms with Crippen LogP contribution < -0.4 is 5.32 Å². The molecule has 1 saturated heterocycles. The van der Waals surface area contributed by atoms with Gasteiger partial charge in [-0.1, -0.05) is 24.1 Å². The molecule has 1 aliphatic heterocycles. The molecule has 0 unspecified atom stereocenters. The van der Waals surface area contributed by atoms with Crippen molar-refractivity contribution >= 4 is 22.5 Å². The van der Waals surface area contributed by atoms with Gasteiger partial charge in [0.15, 0.2) is 0 Å². The van der Waals surface area contributed by atoms with Crippen LogP contribution in [-0.2, 0) is 19.8 Å². The Bertz CT molecular complexity index is 1620. The van der Waals surface area contributed by atoms with Gasteiger partial charge in [-0.15, -0.1) is 0 Å². The number of halogens is 3. The third-order valence-electron chi connectivity index (χ3n) is 7.07. The Labute approximate surface area is 230 Å². The lowest BCUT2D eigenvalue weighted by molar-refractivity contribution is -0.138. The van der Waals surface area contributed by atoms with Gasteiger partial charge in [-0.3, -0.25) is 19.4 Å². The predicted molar refractivity (Wildman–Crippen MR) is 148 cm³/mol. The van der Waals surface area contributed by atoms with Crippen LogP contribution in [0.5, 0.6) is 0 Å². The van der Waals surface area contributed by atoms with Crippen molar-refractivity contribution in [2.45, 2.75) is 19.6 Å².